The second-order valence-electron chi connectivity index (χ2n) is 5.16. The Morgan fingerprint density at radius 3 is 2.65 bits per heavy atom. The van der Waals surface area contributed by atoms with E-state index >= 15 is 0 Å². The van der Waals surface area contributed by atoms with Crippen molar-refractivity contribution in [1.82, 2.24) is 4.98 Å². The van der Waals surface area contributed by atoms with E-state index in [4.69, 9.17) is 0 Å². The Bertz CT molecular complexity index is 645. The van der Waals surface area contributed by atoms with Gasteiger partial charge in [-0.05, 0) is 60.3 Å². The molecular formula is C14H15BrN2OS2. The zero-order valence-corrected chi connectivity index (χ0v) is 14.7. The topological polar surface area (TPSA) is 42.3 Å². The van der Waals surface area contributed by atoms with Gasteiger partial charge in [-0.15, -0.1) is 0 Å². The van der Waals surface area contributed by atoms with Crippen LogP contribution < -0.4 is 0 Å². The van der Waals surface area contributed by atoms with Gasteiger partial charge in [0.2, 0.25) is 0 Å². The van der Waals surface area contributed by atoms with Crippen LogP contribution in [0.2, 0.25) is 0 Å². The molecule has 0 saturated heterocycles. The molecule has 1 unspecified atom stereocenters. The molecule has 0 radical (unpaired) electrons. The van der Waals surface area contributed by atoms with Crippen molar-refractivity contribution in [3.63, 3.8) is 0 Å². The van der Waals surface area contributed by atoms with Gasteiger partial charge in [0, 0.05) is 10.9 Å². The molecule has 6 heteroatoms. The Kier molecular flexibility index (Phi) is 4.88. The third kappa shape index (κ3) is 3.84. The first-order valence-electron chi connectivity index (χ1n) is 6.04. The van der Waals surface area contributed by atoms with Crippen LogP contribution in [0.1, 0.15) is 32.0 Å². The molecule has 0 N–H and O–H groups in total. The Balaban J connectivity index is 2.52. The summed E-state index contributed by atoms with van der Waals surface area (Å²) in [6.45, 7) is 5.73. The summed E-state index contributed by atoms with van der Waals surface area (Å²) in [6, 6.07) is 7.59. The van der Waals surface area contributed by atoms with Crippen LogP contribution in [0, 0.1) is 0 Å². The lowest BCUT2D eigenvalue weighted by Gasteiger charge is -2.14. The molecular weight excluding hydrogens is 356 g/mol. The van der Waals surface area contributed by atoms with Crippen LogP contribution in [0.15, 0.2) is 44.0 Å². The highest BCUT2D eigenvalue weighted by Crippen LogP contribution is 2.19. The summed E-state index contributed by atoms with van der Waals surface area (Å²) in [5, 5.41) is 3.96. The van der Waals surface area contributed by atoms with E-state index in [1.165, 1.54) is 0 Å². The summed E-state index contributed by atoms with van der Waals surface area (Å²) in [5.41, 5.74) is 2.33. The van der Waals surface area contributed by atoms with Gasteiger partial charge in [-0.3, -0.25) is 0 Å². The predicted octanol–water partition coefficient (Wildman–Crippen LogP) is 4.21. The van der Waals surface area contributed by atoms with Crippen molar-refractivity contribution in [2.75, 3.05) is 0 Å². The zero-order chi connectivity index (χ0) is 14.8. The molecule has 2 rings (SSSR count). The molecule has 106 valence electrons. The molecule has 20 heavy (non-hydrogen) atoms. The predicted molar refractivity (Wildman–Crippen MR) is 89.8 cm³/mol. The molecule has 2 aromatic heterocycles. The zero-order valence-electron chi connectivity index (χ0n) is 11.5. The van der Waals surface area contributed by atoms with Crippen LogP contribution >= 0.6 is 27.3 Å². The number of aromatic nitrogens is 1. The molecule has 2 heterocycles. The monoisotopic (exact) mass is 370 g/mol. The molecule has 0 amide bonds. The first-order chi connectivity index (χ1) is 9.38. The Morgan fingerprint density at radius 2 is 2.10 bits per heavy atom. The van der Waals surface area contributed by atoms with Crippen LogP contribution in [0.4, 0.5) is 0 Å². The van der Waals surface area contributed by atoms with Crippen molar-refractivity contribution in [3.8, 4) is 0 Å². The number of rotatable bonds is 3. The number of pyridine rings is 1. The first kappa shape index (κ1) is 15.5. The van der Waals surface area contributed by atoms with Crippen molar-refractivity contribution in [2.24, 2.45) is 4.40 Å². The molecule has 0 saturated carbocycles. The highest BCUT2D eigenvalue weighted by molar-refractivity contribution is 9.10. The fourth-order valence-electron chi connectivity index (χ4n) is 1.41. The van der Waals surface area contributed by atoms with E-state index in [-0.39, 0.29) is 0 Å². The first-order valence-corrected chi connectivity index (χ1v) is 8.88. The second-order valence-corrected chi connectivity index (χ2v) is 8.66. The summed E-state index contributed by atoms with van der Waals surface area (Å²) in [6.07, 6.45) is 0. The van der Waals surface area contributed by atoms with E-state index in [1.807, 2.05) is 55.8 Å². The second kappa shape index (κ2) is 6.28. The lowest BCUT2D eigenvalue weighted by atomic mass is 10.1. The Hall–Kier alpha value is -0.850. The highest BCUT2D eigenvalue weighted by Gasteiger charge is 2.21. The third-order valence-corrected chi connectivity index (χ3v) is 4.97. The van der Waals surface area contributed by atoms with Crippen molar-refractivity contribution in [3.05, 3.63) is 50.9 Å². The molecule has 1 atom stereocenters. The van der Waals surface area contributed by atoms with Crippen molar-refractivity contribution in [1.29, 1.82) is 0 Å². The number of nitrogens with zero attached hydrogens (tertiary/aromatic N) is 2. The standard InChI is InChI=1S/C14H15BrN2OS2/c1-14(2,3)20(18)17-13(10-7-8-19-9-10)11-5-4-6-12(15)16-11/h4-9H,1-3H3/b17-13+. The van der Waals surface area contributed by atoms with E-state index in [2.05, 4.69) is 25.3 Å². The van der Waals surface area contributed by atoms with E-state index in [1.54, 1.807) is 11.3 Å². The molecule has 0 fully saturated rings. The van der Waals surface area contributed by atoms with Gasteiger partial charge in [-0.25, -0.2) is 9.19 Å². The lowest BCUT2D eigenvalue weighted by Crippen LogP contribution is -2.21. The van der Waals surface area contributed by atoms with Gasteiger partial charge in [-0.2, -0.15) is 15.7 Å². The molecule has 0 spiro atoms. The van der Waals surface area contributed by atoms with Gasteiger partial charge in [0.15, 0.2) is 0 Å². The molecule has 2 aromatic rings. The van der Waals surface area contributed by atoms with Gasteiger partial charge in [-0.1, -0.05) is 6.07 Å². The summed E-state index contributed by atoms with van der Waals surface area (Å²) < 4.78 is 17.1. The quantitative estimate of drug-likeness (QED) is 0.599. The minimum absolute atomic E-state index is 0.396. The molecule has 0 aliphatic heterocycles. The van der Waals surface area contributed by atoms with Crippen molar-refractivity contribution in [2.45, 2.75) is 25.5 Å². The lowest BCUT2D eigenvalue weighted by molar-refractivity contribution is 0.650. The minimum Gasteiger partial charge on any atom is -0.239 e. The molecule has 0 bridgehead atoms. The van der Waals surface area contributed by atoms with Crippen LogP contribution in [0.25, 0.3) is 0 Å². The summed E-state index contributed by atoms with van der Waals surface area (Å²) in [7, 11) is -1.32. The van der Waals surface area contributed by atoms with Crippen molar-refractivity contribution >= 4 is 44.0 Å². The van der Waals surface area contributed by atoms with Gasteiger partial charge in [0.1, 0.15) is 21.3 Å². The number of hydrogen-bond acceptors (Lipinski definition) is 3. The SMILES string of the molecule is CC(C)(C)S(=O)/N=C(\c1ccsc1)c1cccc(Br)n1. The molecule has 0 aromatic carbocycles. The average Bonchev–Trinajstić information content (AvgIpc) is 2.88. The maximum atomic E-state index is 12.3. The molecule has 0 aliphatic rings. The van der Waals surface area contributed by atoms with Crippen LogP contribution in [0.5, 0.6) is 0 Å². The normalized spacial score (nSPS) is 14.3. The number of halogens is 1. The molecule has 0 aliphatic carbocycles. The Morgan fingerprint density at radius 1 is 1.35 bits per heavy atom. The highest BCUT2D eigenvalue weighted by atomic mass is 79.9. The summed E-state index contributed by atoms with van der Waals surface area (Å²) >= 11 is 4.94. The van der Waals surface area contributed by atoms with E-state index in [0.29, 0.717) is 5.71 Å². The van der Waals surface area contributed by atoms with E-state index in [9.17, 15) is 4.21 Å². The number of hydrogen-bond donors (Lipinski definition) is 0. The average molecular weight is 371 g/mol. The Labute approximate surface area is 133 Å². The summed E-state index contributed by atoms with van der Waals surface area (Å²) in [5.74, 6) is 0. The number of thiophene rings is 1. The maximum absolute atomic E-state index is 12.3. The summed E-state index contributed by atoms with van der Waals surface area (Å²) in [4.78, 5) is 4.42. The largest absolute Gasteiger partial charge is 0.239 e. The van der Waals surface area contributed by atoms with Gasteiger partial charge in [0.05, 0.1) is 10.4 Å². The minimum atomic E-state index is -1.32. The van der Waals surface area contributed by atoms with Crippen LogP contribution in [-0.2, 0) is 11.0 Å². The van der Waals surface area contributed by atoms with Gasteiger partial charge in [0.25, 0.3) is 0 Å². The van der Waals surface area contributed by atoms with E-state index < -0.39 is 15.7 Å². The van der Waals surface area contributed by atoms with Crippen LogP contribution in [0.3, 0.4) is 0 Å². The van der Waals surface area contributed by atoms with E-state index in [0.717, 1.165) is 15.9 Å². The van der Waals surface area contributed by atoms with Crippen LogP contribution in [-0.4, -0.2) is 19.7 Å². The van der Waals surface area contributed by atoms with Crippen molar-refractivity contribution < 1.29 is 4.21 Å². The fourth-order valence-corrected chi connectivity index (χ4v) is 3.03. The maximum Gasteiger partial charge on any atom is 0.145 e. The third-order valence-electron chi connectivity index (χ3n) is 2.45. The smallest absolute Gasteiger partial charge is 0.145 e. The van der Waals surface area contributed by atoms with Gasteiger partial charge >= 0.3 is 0 Å². The fraction of sp³-hybridized carbons (Fsp3) is 0.286. The molecule has 3 nitrogen and oxygen atoms in total. The van der Waals surface area contributed by atoms with Gasteiger partial charge < -0.3 is 0 Å².